The summed E-state index contributed by atoms with van der Waals surface area (Å²) in [6, 6.07) is 50.1. The van der Waals surface area contributed by atoms with Crippen molar-refractivity contribution in [1.82, 2.24) is 0 Å². The standard InChI is InChI=1S/C58H64N2O2/c1-7-11-15-43-21-29-47(30-22-43)59(45-25-17-41(5)18-26-45)53-39-55(61-37-13-9-3)51-36-34-50-54(40-56(62-38-14-10-4)52-35-33-49(53)57(51)58(50)52)60(46-27-19-42(6)20-28-46)48-31-23-44(24-32-48)16-12-8-2/h17-36,39-40H,7-16,37-38H2,1-6H3. The minimum atomic E-state index is 0.655. The summed E-state index contributed by atoms with van der Waals surface area (Å²) in [7, 11) is 0. The Morgan fingerprint density at radius 2 is 0.694 bits per heavy atom. The number of ether oxygens (including phenoxy) is 2. The summed E-state index contributed by atoms with van der Waals surface area (Å²) in [5, 5.41) is 6.99. The van der Waals surface area contributed by atoms with Crippen molar-refractivity contribution < 1.29 is 9.47 Å². The lowest BCUT2D eigenvalue weighted by Gasteiger charge is -2.31. The molecule has 8 aromatic carbocycles. The van der Waals surface area contributed by atoms with Crippen molar-refractivity contribution >= 4 is 66.4 Å². The molecule has 4 heteroatoms. The fourth-order valence-corrected chi connectivity index (χ4v) is 8.78. The lowest BCUT2D eigenvalue weighted by atomic mass is 9.90. The van der Waals surface area contributed by atoms with Crippen LogP contribution < -0.4 is 19.3 Å². The van der Waals surface area contributed by atoms with E-state index >= 15 is 0 Å². The SMILES string of the molecule is CCCCOc1cc(N(c2ccc(C)cc2)c2ccc(CCCC)cc2)c2ccc3c(OCCCC)cc(N(c4ccc(C)cc4)c4ccc(CCCC)cc4)c4ccc1c2c34. The fourth-order valence-electron chi connectivity index (χ4n) is 8.78. The molecule has 8 rings (SSSR count). The Morgan fingerprint density at radius 3 is 1.03 bits per heavy atom. The van der Waals surface area contributed by atoms with Gasteiger partial charge in [0.2, 0.25) is 0 Å². The summed E-state index contributed by atoms with van der Waals surface area (Å²) in [5.74, 6) is 1.81. The number of anilines is 6. The van der Waals surface area contributed by atoms with E-state index in [1.54, 1.807) is 0 Å². The van der Waals surface area contributed by atoms with E-state index in [0.29, 0.717) is 13.2 Å². The Balaban J connectivity index is 1.43. The van der Waals surface area contributed by atoms with Gasteiger partial charge in [-0.3, -0.25) is 0 Å². The predicted molar refractivity (Wildman–Crippen MR) is 267 cm³/mol. The van der Waals surface area contributed by atoms with Gasteiger partial charge in [0.25, 0.3) is 0 Å². The highest BCUT2D eigenvalue weighted by molar-refractivity contribution is 6.30. The number of aryl methyl sites for hydroxylation is 4. The van der Waals surface area contributed by atoms with Gasteiger partial charge in [0.15, 0.2) is 0 Å². The molecule has 0 saturated heterocycles. The lowest BCUT2D eigenvalue weighted by Crippen LogP contribution is -2.13. The largest absolute Gasteiger partial charge is 0.493 e. The summed E-state index contributed by atoms with van der Waals surface area (Å²) in [6.07, 6.45) is 11.0. The number of benzene rings is 8. The second-order valence-corrected chi connectivity index (χ2v) is 17.1. The summed E-state index contributed by atoms with van der Waals surface area (Å²) in [6.45, 7) is 14.6. The van der Waals surface area contributed by atoms with Crippen LogP contribution in [0.2, 0.25) is 0 Å². The Hall–Kier alpha value is -6.00. The maximum Gasteiger partial charge on any atom is 0.129 e. The van der Waals surface area contributed by atoms with Crippen molar-refractivity contribution in [2.24, 2.45) is 0 Å². The third-order valence-corrected chi connectivity index (χ3v) is 12.4. The molecule has 0 N–H and O–H groups in total. The first-order chi connectivity index (χ1) is 30.4. The van der Waals surface area contributed by atoms with Crippen molar-refractivity contribution in [1.29, 1.82) is 0 Å². The summed E-state index contributed by atoms with van der Waals surface area (Å²) < 4.78 is 13.7. The van der Waals surface area contributed by atoms with Crippen molar-refractivity contribution in [3.8, 4) is 11.5 Å². The Bertz CT molecular complexity index is 2490. The van der Waals surface area contributed by atoms with Crippen LogP contribution in [0.3, 0.4) is 0 Å². The normalized spacial score (nSPS) is 11.5. The maximum atomic E-state index is 6.86. The highest BCUT2D eigenvalue weighted by Gasteiger charge is 2.26. The van der Waals surface area contributed by atoms with Crippen molar-refractivity contribution in [3.05, 3.63) is 156 Å². The van der Waals surface area contributed by atoms with Crippen LogP contribution >= 0.6 is 0 Å². The second-order valence-electron chi connectivity index (χ2n) is 17.1. The summed E-state index contributed by atoms with van der Waals surface area (Å²) >= 11 is 0. The molecule has 0 unspecified atom stereocenters. The number of unbranched alkanes of at least 4 members (excludes halogenated alkanes) is 4. The Kier molecular flexibility index (Phi) is 13.6. The van der Waals surface area contributed by atoms with Gasteiger partial charge in [0.05, 0.1) is 24.6 Å². The number of nitrogens with zero attached hydrogens (tertiary/aromatic N) is 2. The van der Waals surface area contributed by atoms with Crippen LogP contribution in [0.1, 0.15) is 101 Å². The van der Waals surface area contributed by atoms with E-state index in [4.69, 9.17) is 9.47 Å². The van der Waals surface area contributed by atoms with Gasteiger partial charge in [-0.25, -0.2) is 0 Å². The quantitative estimate of drug-likeness (QED) is 0.0565. The molecule has 0 aliphatic carbocycles. The van der Waals surface area contributed by atoms with E-state index in [9.17, 15) is 0 Å². The van der Waals surface area contributed by atoms with Crippen molar-refractivity contribution in [2.45, 2.75) is 106 Å². The molecule has 0 heterocycles. The summed E-state index contributed by atoms with van der Waals surface area (Å²) in [4.78, 5) is 4.86. The van der Waals surface area contributed by atoms with E-state index in [1.807, 2.05) is 0 Å². The minimum absolute atomic E-state index is 0.655. The van der Waals surface area contributed by atoms with Crippen LogP contribution in [0, 0.1) is 13.8 Å². The molecule has 4 nitrogen and oxygen atoms in total. The van der Waals surface area contributed by atoms with Crippen molar-refractivity contribution in [2.75, 3.05) is 23.0 Å². The third-order valence-electron chi connectivity index (χ3n) is 12.4. The first-order valence-corrected chi connectivity index (χ1v) is 23.4. The number of rotatable bonds is 20. The van der Waals surface area contributed by atoms with Gasteiger partial charge in [-0.1, -0.05) is 125 Å². The zero-order valence-corrected chi connectivity index (χ0v) is 37.9. The third kappa shape index (κ3) is 8.98. The lowest BCUT2D eigenvalue weighted by molar-refractivity contribution is 0.313. The van der Waals surface area contributed by atoms with E-state index in [2.05, 4.69) is 185 Å². The van der Waals surface area contributed by atoms with Gasteiger partial charge in [-0.2, -0.15) is 0 Å². The van der Waals surface area contributed by atoms with Crippen LogP contribution in [0.15, 0.2) is 133 Å². The minimum Gasteiger partial charge on any atom is -0.493 e. The highest BCUT2D eigenvalue weighted by Crippen LogP contribution is 2.52. The molecule has 62 heavy (non-hydrogen) atoms. The molecule has 0 amide bonds. The van der Waals surface area contributed by atoms with Crippen LogP contribution in [0.25, 0.3) is 32.3 Å². The van der Waals surface area contributed by atoms with Crippen LogP contribution in [-0.2, 0) is 12.8 Å². The van der Waals surface area contributed by atoms with E-state index in [0.717, 1.165) is 94.9 Å². The zero-order chi connectivity index (χ0) is 43.0. The van der Waals surface area contributed by atoms with E-state index in [1.165, 1.54) is 69.5 Å². The number of hydrogen-bond donors (Lipinski definition) is 0. The zero-order valence-electron chi connectivity index (χ0n) is 37.9. The molecule has 318 valence electrons. The Labute approximate surface area is 370 Å². The monoisotopic (exact) mass is 820 g/mol. The molecule has 0 aliphatic rings. The van der Waals surface area contributed by atoms with Gasteiger partial charge in [-0.05, 0) is 124 Å². The topological polar surface area (TPSA) is 24.9 Å². The predicted octanol–water partition coefficient (Wildman–Crippen LogP) is 17.2. The average Bonchev–Trinajstić information content (AvgIpc) is 3.30. The molecule has 0 aromatic heterocycles. The van der Waals surface area contributed by atoms with Gasteiger partial charge in [0, 0.05) is 67.2 Å². The van der Waals surface area contributed by atoms with Crippen molar-refractivity contribution in [3.63, 3.8) is 0 Å². The average molecular weight is 821 g/mol. The molecule has 0 fully saturated rings. The maximum absolute atomic E-state index is 6.86. The molecular formula is C58H64N2O2. The molecule has 0 saturated carbocycles. The first kappa shape index (κ1) is 42.7. The van der Waals surface area contributed by atoms with Gasteiger partial charge >= 0.3 is 0 Å². The number of hydrogen-bond acceptors (Lipinski definition) is 4. The molecule has 0 atom stereocenters. The molecule has 0 spiro atoms. The van der Waals surface area contributed by atoms with E-state index in [-0.39, 0.29) is 0 Å². The van der Waals surface area contributed by atoms with Gasteiger partial charge in [-0.15, -0.1) is 0 Å². The second kappa shape index (κ2) is 19.8. The molecule has 8 aromatic rings. The molecule has 0 aliphatic heterocycles. The fraction of sp³-hybridized carbons (Fsp3) is 0.310. The van der Waals surface area contributed by atoms with Crippen LogP contribution in [-0.4, -0.2) is 13.2 Å². The van der Waals surface area contributed by atoms with E-state index < -0.39 is 0 Å². The molecule has 0 bridgehead atoms. The van der Waals surface area contributed by atoms with Gasteiger partial charge < -0.3 is 19.3 Å². The molecule has 0 radical (unpaired) electrons. The molecular weight excluding hydrogens is 757 g/mol. The first-order valence-electron chi connectivity index (χ1n) is 23.4. The van der Waals surface area contributed by atoms with Gasteiger partial charge in [0.1, 0.15) is 11.5 Å². The van der Waals surface area contributed by atoms with Crippen LogP contribution in [0.5, 0.6) is 11.5 Å². The van der Waals surface area contributed by atoms with Crippen LogP contribution in [0.4, 0.5) is 34.1 Å². The Morgan fingerprint density at radius 1 is 0.371 bits per heavy atom. The smallest absolute Gasteiger partial charge is 0.129 e. The summed E-state index contributed by atoms with van der Waals surface area (Å²) in [5.41, 5.74) is 11.9. The highest BCUT2D eigenvalue weighted by atomic mass is 16.5.